The monoisotopic (exact) mass is 464 g/mol. The number of anilines is 1. The molecule has 1 aliphatic heterocycles. The average Bonchev–Trinajstić information content (AvgIpc) is 3.34. The van der Waals surface area contributed by atoms with Crippen LogP contribution in [0.3, 0.4) is 0 Å². The third-order valence-corrected chi connectivity index (χ3v) is 5.25. The molecule has 0 aliphatic carbocycles. The minimum atomic E-state index is -4.54. The van der Waals surface area contributed by atoms with Crippen LogP contribution >= 0.6 is 11.6 Å². The van der Waals surface area contributed by atoms with Crippen molar-refractivity contribution in [3.05, 3.63) is 82.2 Å². The Morgan fingerprint density at radius 1 is 1.19 bits per heavy atom. The zero-order valence-electron chi connectivity index (χ0n) is 16.2. The smallest absolute Gasteiger partial charge is 0.416 e. The fraction of sp³-hybridized carbons (Fsp3) is 0.190. The molecule has 0 bridgehead atoms. The summed E-state index contributed by atoms with van der Waals surface area (Å²) in [4.78, 5) is 26.8. The number of carboxylic acid groups (broad SMARTS) is 1. The molecule has 7 nitrogen and oxygen atoms in total. The van der Waals surface area contributed by atoms with E-state index in [4.69, 9.17) is 11.6 Å². The molecule has 1 unspecified atom stereocenters. The quantitative estimate of drug-likeness (QED) is 0.571. The number of hydrogen-bond acceptors (Lipinski definition) is 5. The lowest BCUT2D eigenvalue weighted by Gasteiger charge is -2.24. The molecule has 2 aromatic carbocycles. The fourth-order valence-corrected chi connectivity index (χ4v) is 3.66. The van der Waals surface area contributed by atoms with E-state index in [9.17, 15) is 27.9 Å². The van der Waals surface area contributed by atoms with Crippen molar-refractivity contribution in [1.82, 2.24) is 10.1 Å². The summed E-state index contributed by atoms with van der Waals surface area (Å²) in [5, 5.41) is 14.9. The molecule has 11 heteroatoms. The first kappa shape index (κ1) is 21.7. The van der Waals surface area contributed by atoms with Crippen molar-refractivity contribution in [3.8, 4) is 0 Å². The molecule has 2 amide bonds. The van der Waals surface area contributed by atoms with Crippen LogP contribution in [0.4, 0.5) is 23.7 Å². The number of urea groups is 1. The molecule has 3 aromatic rings. The van der Waals surface area contributed by atoms with E-state index in [1.807, 2.05) is 0 Å². The van der Waals surface area contributed by atoms with Gasteiger partial charge in [-0.3, -0.25) is 4.90 Å². The van der Waals surface area contributed by atoms with Crippen molar-refractivity contribution >= 4 is 29.3 Å². The van der Waals surface area contributed by atoms with Gasteiger partial charge in [0, 0.05) is 23.3 Å². The van der Waals surface area contributed by atoms with Crippen molar-refractivity contribution in [2.45, 2.75) is 18.8 Å². The normalized spacial score (nSPS) is 16.6. The van der Waals surface area contributed by atoms with Gasteiger partial charge in [-0.25, -0.2) is 4.79 Å². The molecular weight excluding hydrogens is 451 g/mol. The van der Waals surface area contributed by atoms with Crippen LogP contribution in [0, 0.1) is 0 Å². The number of benzene rings is 2. The number of rotatable bonds is 5. The van der Waals surface area contributed by atoms with Crippen LogP contribution in [-0.2, 0) is 12.7 Å². The van der Waals surface area contributed by atoms with Crippen LogP contribution in [0.2, 0.25) is 5.02 Å². The first-order valence-electron chi connectivity index (χ1n) is 9.31. The maximum Gasteiger partial charge on any atom is 0.416 e. The van der Waals surface area contributed by atoms with Crippen molar-refractivity contribution in [2.24, 2.45) is 0 Å². The number of aromatic carboxylic acids is 1. The molecule has 4 rings (SSSR count). The zero-order chi connectivity index (χ0) is 23.0. The van der Waals surface area contributed by atoms with Gasteiger partial charge in [0.05, 0.1) is 18.2 Å². The molecule has 1 aliphatic rings. The van der Waals surface area contributed by atoms with Crippen LogP contribution in [0.15, 0.2) is 59.1 Å². The highest BCUT2D eigenvalue weighted by Gasteiger charge is 2.40. The first-order chi connectivity index (χ1) is 15.1. The molecule has 32 heavy (non-hydrogen) atoms. The minimum absolute atomic E-state index is 0.0380. The third kappa shape index (κ3) is 4.26. The topological polar surface area (TPSA) is 89.7 Å². The lowest BCUT2D eigenvalue weighted by Crippen LogP contribution is -2.32. The molecule has 2 heterocycles. The molecule has 166 valence electrons. The van der Waals surface area contributed by atoms with Crippen molar-refractivity contribution in [1.29, 1.82) is 0 Å². The largest absolute Gasteiger partial charge is 0.541 e. The van der Waals surface area contributed by atoms with Gasteiger partial charge in [-0.1, -0.05) is 28.9 Å². The fourth-order valence-electron chi connectivity index (χ4n) is 3.53. The summed E-state index contributed by atoms with van der Waals surface area (Å²) in [6.07, 6.45) is -4.54. The highest BCUT2D eigenvalue weighted by Crippen LogP contribution is 2.38. The minimum Gasteiger partial charge on any atom is -0.541 e. The summed E-state index contributed by atoms with van der Waals surface area (Å²) in [5.41, 5.74) is 0.0754. The maximum atomic E-state index is 13.3. The van der Waals surface area contributed by atoms with Gasteiger partial charge in [-0.2, -0.15) is 13.2 Å². The number of amides is 2. The van der Waals surface area contributed by atoms with Gasteiger partial charge in [0.25, 0.3) is 0 Å². The summed E-state index contributed by atoms with van der Waals surface area (Å²) < 4.78 is 44.4. The number of halogens is 4. The number of hydrogen-bond donors (Lipinski definition) is 0. The Hall–Kier alpha value is -3.53. The van der Waals surface area contributed by atoms with Gasteiger partial charge in [-0.05, 0) is 42.0 Å². The molecule has 0 radical (unpaired) electrons. The Morgan fingerprint density at radius 2 is 1.91 bits per heavy atom. The second-order valence-electron chi connectivity index (χ2n) is 7.12. The van der Waals surface area contributed by atoms with Crippen LogP contribution in [0.25, 0.3) is 0 Å². The molecule has 1 aromatic heterocycles. The summed E-state index contributed by atoms with van der Waals surface area (Å²) in [6.45, 7) is -0.0640. The van der Waals surface area contributed by atoms with Crippen molar-refractivity contribution in [3.63, 3.8) is 0 Å². The lowest BCUT2D eigenvalue weighted by atomic mass is 10.0. The predicted molar refractivity (Wildman–Crippen MR) is 105 cm³/mol. The van der Waals surface area contributed by atoms with E-state index >= 15 is 0 Å². The molecule has 1 fully saturated rings. The molecule has 0 N–H and O–H groups in total. The summed E-state index contributed by atoms with van der Waals surface area (Å²) in [6, 6.07) is 11.0. The number of aromatic nitrogens is 1. The maximum absolute atomic E-state index is 13.3. The first-order valence-corrected chi connectivity index (χ1v) is 9.69. The molecule has 1 saturated heterocycles. The Bertz CT molecular complexity index is 1160. The van der Waals surface area contributed by atoms with E-state index in [2.05, 4.69) is 9.68 Å². The van der Waals surface area contributed by atoms with Crippen molar-refractivity contribution in [2.75, 3.05) is 11.4 Å². The Kier molecular flexibility index (Phi) is 5.55. The van der Waals surface area contributed by atoms with Gasteiger partial charge < -0.3 is 19.3 Å². The second kappa shape index (κ2) is 8.19. The van der Waals surface area contributed by atoms with Crippen LogP contribution < -0.4 is 10.0 Å². The van der Waals surface area contributed by atoms with Gasteiger partial charge >= 0.3 is 12.2 Å². The van der Waals surface area contributed by atoms with Gasteiger partial charge in [-0.15, -0.1) is 0 Å². The standard InChI is InChI=1S/C21H15ClF3N3O4/c22-14-4-6-16(7-5-14)28-17(12-2-1-3-13(8-12)21(23,24)25)11-27(20(28)31)10-15-9-18(19(29)30)32-26-15/h1-9,17H,10-11H2,(H,29,30)/p-1. The summed E-state index contributed by atoms with van der Waals surface area (Å²) in [5.74, 6) is -2.04. The average molecular weight is 465 g/mol. The Labute approximate surface area is 184 Å². The van der Waals surface area contributed by atoms with Crippen LogP contribution in [0.5, 0.6) is 0 Å². The number of carbonyl (C=O) groups is 2. The lowest BCUT2D eigenvalue weighted by molar-refractivity contribution is -0.257. The number of alkyl halides is 3. The Morgan fingerprint density at radius 3 is 2.53 bits per heavy atom. The SMILES string of the molecule is O=C([O-])c1cc(CN2CC(c3cccc(C(F)(F)F)c3)N(c3ccc(Cl)cc3)C2=O)no1. The highest BCUT2D eigenvalue weighted by molar-refractivity contribution is 6.30. The summed E-state index contributed by atoms with van der Waals surface area (Å²) >= 11 is 5.93. The number of carboxylic acids is 1. The molecule has 1 atom stereocenters. The zero-order valence-corrected chi connectivity index (χ0v) is 16.9. The van der Waals surface area contributed by atoms with Crippen molar-refractivity contribution < 1.29 is 32.4 Å². The third-order valence-electron chi connectivity index (χ3n) is 5.00. The van der Waals surface area contributed by atoms with Gasteiger partial charge in [0.15, 0.2) is 5.76 Å². The van der Waals surface area contributed by atoms with E-state index in [1.54, 1.807) is 24.3 Å². The number of nitrogens with zero attached hydrogens (tertiary/aromatic N) is 3. The molecular formula is C21H14ClF3N3O4-. The van der Waals surface area contributed by atoms with E-state index in [1.165, 1.54) is 21.9 Å². The highest BCUT2D eigenvalue weighted by atomic mass is 35.5. The van der Waals surface area contributed by atoms with Gasteiger partial charge in [0.2, 0.25) is 0 Å². The van der Waals surface area contributed by atoms with E-state index in [0.717, 1.165) is 18.2 Å². The second-order valence-corrected chi connectivity index (χ2v) is 7.55. The molecule has 0 spiro atoms. The van der Waals surface area contributed by atoms with E-state index in [0.29, 0.717) is 16.3 Å². The van der Waals surface area contributed by atoms with E-state index in [-0.39, 0.29) is 18.8 Å². The number of carbonyl (C=O) groups excluding carboxylic acids is 2. The summed E-state index contributed by atoms with van der Waals surface area (Å²) in [7, 11) is 0. The molecule has 0 saturated carbocycles. The van der Waals surface area contributed by atoms with E-state index < -0.39 is 35.5 Å². The predicted octanol–water partition coefficient (Wildman–Crippen LogP) is 3.89. The van der Waals surface area contributed by atoms with Gasteiger partial charge in [0.1, 0.15) is 11.7 Å². The Balaban J connectivity index is 1.70. The van der Waals surface area contributed by atoms with Crippen LogP contribution in [0.1, 0.15) is 33.4 Å². The van der Waals surface area contributed by atoms with Crippen LogP contribution in [-0.4, -0.2) is 28.6 Å².